The van der Waals surface area contributed by atoms with E-state index < -0.39 is 15.8 Å². The van der Waals surface area contributed by atoms with Crippen LogP contribution >= 0.6 is 24.8 Å². The minimum atomic E-state index is -3.69. The monoisotopic (exact) mass is 468 g/mol. The van der Waals surface area contributed by atoms with Crippen LogP contribution in [0.1, 0.15) is 38.5 Å². The fraction of sp³-hybridized carbons (Fsp3) is 0.700. The second-order valence-electron chi connectivity index (χ2n) is 8.16. The van der Waals surface area contributed by atoms with Crippen LogP contribution in [0.4, 0.5) is 4.39 Å². The second kappa shape index (κ2) is 10.1. The third kappa shape index (κ3) is 4.85. The summed E-state index contributed by atoms with van der Waals surface area (Å²) in [6.45, 7) is 3.39. The third-order valence-corrected chi connectivity index (χ3v) is 8.39. The van der Waals surface area contributed by atoms with Crippen LogP contribution < -0.4 is 4.74 Å². The molecule has 3 aliphatic rings. The average Bonchev–Trinajstić information content (AvgIpc) is 2.67. The first-order valence-electron chi connectivity index (χ1n) is 10.1. The Labute approximate surface area is 185 Å². The predicted molar refractivity (Wildman–Crippen MR) is 116 cm³/mol. The SMILES string of the molecule is COc1ccc(S(=O)(=O)N2CC3CCCC(C2)C3N2CCCCC2)cc1F.Cl.Cl. The van der Waals surface area contributed by atoms with Crippen LogP contribution in [-0.2, 0) is 10.0 Å². The van der Waals surface area contributed by atoms with Gasteiger partial charge in [-0.2, -0.15) is 4.31 Å². The van der Waals surface area contributed by atoms with Crippen molar-refractivity contribution in [1.82, 2.24) is 9.21 Å². The number of rotatable bonds is 4. The number of likely N-dealkylation sites (tertiary alicyclic amines) is 1. The highest BCUT2D eigenvalue weighted by Crippen LogP contribution is 2.40. The first-order valence-corrected chi connectivity index (χ1v) is 11.5. The molecule has 1 aromatic carbocycles. The zero-order valence-corrected chi connectivity index (χ0v) is 19.2. The molecule has 166 valence electrons. The molecule has 2 aliphatic heterocycles. The van der Waals surface area contributed by atoms with Gasteiger partial charge in [0.2, 0.25) is 10.0 Å². The number of piperidine rings is 2. The molecule has 4 rings (SSSR count). The van der Waals surface area contributed by atoms with Crippen molar-refractivity contribution in [3.05, 3.63) is 24.0 Å². The van der Waals surface area contributed by atoms with E-state index >= 15 is 0 Å². The highest BCUT2D eigenvalue weighted by molar-refractivity contribution is 7.89. The summed E-state index contributed by atoms with van der Waals surface area (Å²) in [4.78, 5) is 2.64. The molecular formula is C20H31Cl2FN2O3S. The summed E-state index contributed by atoms with van der Waals surface area (Å²) in [5.41, 5.74) is 0. The Morgan fingerprint density at radius 3 is 2.17 bits per heavy atom. The van der Waals surface area contributed by atoms with Gasteiger partial charge >= 0.3 is 0 Å². The second-order valence-corrected chi connectivity index (χ2v) is 10.1. The van der Waals surface area contributed by atoms with Crippen LogP contribution in [0.15, 0.2) is 23.1 Å². The van der Waals surface area contributed by atoms with Crippen molar-refractivity contribution in [3.63, 3.8) is 0 Å². The Hall–Kier alpha value is -0.600. The van der Waals surface area contributed by atoms with E-state index in [1.54, 1.807) is 4.31 Å². The molecule has 2 bridgehead atoms. The molecule has 2 atom stereocenters. The van der Waals surface area contributed by atoms with Crippen molar-refractivity contribution in [2.24, 2.45) is 11.8 Å². The fourth-order valence-corrected chi connectivity index (χ4v) is 6.90. The summed E-state index contributed by atoms with van der Waals surface area (Å²) in [5, 5.41) is 0. The molecule has 3 fully saturated rings. The maximum absolute atomic E-state index is 14.1. The van der Waals surface area contributed by atoms with Gasteiger partial charge in [-0.1, -0.05) is 12.8 Å². The van der Waals surface area contributed by atoms with Crippen LogP contribution in [0.3, 0.4) is 0 Å². The van der Waals surface area contributed by atoms with Crippen molar-refractivity contribution in [2.75, 3.05) is 33.3 Å². The molecule has 0 radical (unpaired) electrons. The first-order chi connectivity index (χ1) is 13.0. The summed E-state index contributed by atoms with van der Waals surface area (Å²) in [5.74, 6) is 0.193. The number of methoxy groups -OCH3 is 1. The van der Waals surface area contributed by atoms with E-state index in [0.717, 1.165) is 32.0 Å². The van der Waals surface area contributed by atoms with E-state index in [1.165, 1.54) is 44.9 Å². The number of sulfonamides is 1. The summed E-state index contributed by atoms with van der Waals surface area (Å²) in [6.07, 6.45) is 7.17. The Morgan fingerprint density at radius 2 is 1.62 bits per heavy atom. The highest BCUT2D eigenvalue weighted by Gasteiger charge is 2.45. The number of benzene rings is 1. The Kier molecular flexibility index (Phi) is 8.62. The lowest BCUT2D eigenvalue weighted by atomic mass is 9.73. The molecule has 1 aromatic rings. The normalized spacial score (nSPS) is 28.1. The molecule has 9 heteroatoms. The van der Waals surface area contributed by atoms with E-state index in [4.69, 9.17) is 4.74 Å². The third-order valence-electron chi connectivity index (χ3n) is 6.57. The van der Waals surface area contributed by atoms with Crippen molar-refractivity contribution in [3.8, 4) is 5.75 Å². The van der Waals surface area contributed by atoms with E-state index in [-0.39, 0.29) is 35.5 Å². The molecule has 2 heterocycles. The molecule has 0 spiro atoms. The molecule has 2 unspecified atom stereocenters. The van der Waals surface area contributed by atoms with Gasteiger partial charge in [0.25, 0.3) is 0 Å². The summed E-state index contributed by atoms with van der Waals surface area (Å²) in [7, 11) is -2.31. The van der Waals surface area contributed by atoms with E-state index in [1.807, 2.05) is 0 Å². The van der Waals surface area contributed by atoms with Gasteiger partial charge in [0.1, 0.15) is 0 Å². The van der Waals surface area contributed by atoms with Gasteiger partial charge in [-0.25, -0.2) is 12.8 Å². The van der Waals surface area contributed by atoms with Gasteiger partial charge in [-0.15, -0.1) is 24.8 Å². The van der Waals surface area contributed by atoms with Gasteiger partial charge in [-0.05, 0) is 68.8 Å². The minimum absolute atomic E-state index is 0. The maximum Gasteiger partial charge on any atom is 0.243 e. The van der Waals surface area contributed by atoms with Gasteiger partial charge in [0.15, 0.2) is 11.6 Å². The molecule has 0 N–H and O–H groups in total. The number of hydrogen-bond acceptors (Lipinski definition) is 4. The number of ether oxygens (including phenoxy) is 1. The predicted octanol–water partition coefficient (Wildman–Crippen LogP) is 3.95. The zero-order chi connectivity index (χ0) is 19.0. The van der Waals surface area contributed by atoms with Gasteiger partial charge in [-0.3, -0.25) is 4.90 Å². The number of halogens is 3. The molecule has 1 saturated carbocycles. The fourth-order valence-electron chi connectivity index (χ4n) is 5.33. The Morgan fingerprint density at radius 1 is 1.00 bits per heavy atom. The van der Waals surface area contributed by atoms with Gasteiger partial charge in [0.05, 0.1) is 12.0 Å². The van der Waals surface area contributed by atoms with Crippen molar-refractivity contribution in [2.45, 2.75) is 49.5 Å². The lowest BCUT2D eigenvalue weighted by Crippen LogP contribution is -2.59. The topological polar surface area (TPSA) is 49.9 Å². The molecule has 29 heavy (non-hydrogen) atoms. The summed E-state index contributed by atoms with van der Waals surface area (Å²) in [6, 6.07) is 4.44. The number of fused-ring (bicyclic) bond motifs is 2. The van der Waals surface area contributed by atoms with Crippen LogP contribution in [-0.4, -0.2) is 57.0 Å². The maximum atomic E-state index is 14.1. The lowest BCUT2D eigenvalue weighted by molar-refractivity contribution is -0.00311. The van der Waals surface area contributed by atoms with Crippen LogP contribution in [0.2, 0.25) is 0 Å². The van der Waals surface area contributed by atoms with E-state index in [0.29, 0.717) is 31.0 Å². The lowest BCUT2D eigenvalue weighted by Gasteiger charge is -2.52. The van der Waals surface area contributed by atoms with Crippen LogP contribution in [0.25, 0.3) is 0 Å². The Balaban J connectivity index is 0.00000150. The quantitative estimate of drug-likeness (QED) is 0.670. The van der Waals surface area contributed by atoms with Crippen molar-refractivity contribution < 1.29 is 17.5 Å². The van der Waals surface area contributed by atoms with Crippen LogP contribution in [0, 0.1) is 17.7 Å². The summed E-state index contributed by atoms with van der Waals surface area (Å²) < 4.78 is 46.9. The first kappa shape index (κ1) is 24.7. The molecule has 0 amide bonds. The van der Waals surface area contributed by atoms with Crippen LogP contribution in [0.5, 0.6) is 5.75 Å². The molecule has 1 aliphatic carbocycles. The van der Waals surface area contributed by atoms with Crippen molar-refractivity contribution >= 4 is 34.8 Å². The number of nitrogens with zero attached hydrogens (tertiary/aromatic N) is 2. The standard InChI is InChI=1S/C20H29FN2O3S.2ClH/c1-26-19-9-8-17(12-18(19)21)27(24,25)23-13-15-6-5-7-16(14-23)20(15)22-10-3-2-4-11-22;;/h8-9,12,15-16,20H,2-7,10-11,13-14H2,1H3;2*1H. The minimum Gasteiger partial charge on any atom is -0.494 e. The number of hydrogen-bond donors (Lipinski definition) is 0. The van der Waals surface area contributed by atoms with Gasteiger partial charge < -0.3 is 4.74 Å². The highest BCUT2D eigenvalue weighted by atomic mass is 35.5. The van der Waals surface area contributed by atoms with Crippen molar-refractivity contribution in [1.29, 1.82) is 0 Å². The molecule has 2 saturated heterocycles. The zero-order valence-electron chi connectivity index (χ0n) is 16.8. The smallest absolute Gasteiger partial charge is 0.243 e. The molecule has 0 aromatic heterocycles. The average molecular weight is 469 g/mol. The van der Waals surface area contributed by atoms with Gasteiger partial charge in [0, 0.05) is 19.1 Å². The van der Waals surface area contributed by atoms with E-state index in [2.05, 4.69) is 4.90 Å². The Bertz CT molecular complexity index is 776. The molecule has 5 nitrogen and oxygen atoms in total. The molecular weight excluding hydrogens is 438 g/mol. The van der Waals surface area contributed by atoms with E-state index in [9.17, 15) is 12.8 Å². The largest absolute Gasteiger partial charge is 0.494 e. The summed E-state index contributed by atoms with van der Waals surface area (Å²) >= 11 is 0.